The van der Waals surface area contributed by atoms with Crippen LogP contribution in [0.5, 0.6) is 0 Å². The van der Waals surface area contributed by atoms with E-state index in [1.807, 2.05) is 18.2 Å². The fourth-order valence-corrected chi connectivity index (χ4v) is 2.66. The van der Waals surface area contributed by atoms with Gasteiger partial charge < -0.3 is 5.32 Å². The molecule has 1 N–H and O–H groups in total. The predicted octanol–water partition coefficient (Wildman–Crippen LogP) is 4.25. The minimum Gasteiger partial charge on any atom is -0.335 e. The van der Waals surface area contributed by atoms with Crippen molar-refractivity contribution in [2.75, 3.05) is 17.6 Å². The number of halogens is 2. The monoisotopic (exact) mass is 318 g/mol. The van der Waals surface area contributed by atoms with Crippen molar-refractivity contribution in [1.29, 1.82) is 0 Å². The van der Waals surface area contributed by atoms with Crippen molar-refractivity contribution in [2.45, 2.75) is 6.92 Å². The van der Waals surface area contributed by atoms with Gasteiger partial charge in [0.05, 0.1) is 5.02 Å². The SMILES string of the molecule is CC1CN=C(Nc2ccc(Br)c(Cl)c2)SC1. The van der Waals surface area contributed by atoms with E-state index in [4.69, 9.17) is 11.6 Å². The number of nitrogens with zero attached hydrogens (tertiary/aromatic N) is 1. The molecule has 0 radical (unpaired) electrons. The highest BCUT2D eigenvalue weighted by molar-refractivity contribution is 9.10. The third kappa shape index (κ3) is 3.15. The highest BCUT2D eigenvalue weighted by atomic mass is 79.9. The summed E-state index contributed by atoms with van der Waals surface area (Å²) in [6, 6.07) is 5.81. The standard InChI is InChI=1S/C11H12BrClN2S/c1-7-5-14-11(16-6-7)15-8-2-3-9(12)10(13)4-8/h2-4,7H,5-6H2,1H3,(H,14,15). The third-order valence-electron chi connectivity index (χ3n) is 2.22. The molecule has 0 aliphatic carbocycles. The van der Waals surface area contributed by atoms with Crippen LogP contribution in [-0.2, 0) is 0 Å². The Hall–Kier alpha value is -0.190. The molecule has 86 valence electrons. The number of aliphatic imine (C=N–C) groups is 1. The number of anilines is 1. The molecule has 0 spiro atoms. The molecule has 0 aromatic heterocycles. The molecule has 5 heteroatoms. The predicted molar refractivity (Wildman–Crippen MR) is 76.7 cm³/mol. The maximum atomic E-state index is 6.02. The van der Waals surface area contributed by atoms with E-state index >= 15 is 0 Å². The molecule has 1 aliphatic heterocycles. The molecule has 1 unspecified atom stereocenters. The van der Waals surface area contributed by atoms with Gasteiger partial charge in [0.1, 0.15) is 0 Å². The summed E-state index contributed by atoms with van der Waals surface area (Å²) in [5.41, 5.74) is 0.981. The summed E-state index contributed by atoms with van der Waals surface area (Å²) >= 11 is 11.1. The van der Waals surface area contributed by atoms with Gasteiger partial charge in [0.15, 0.2) is 5.17 Å². The van der Waals surface area contributed by atoms with Crippen LogP contribution in [-0.4, -0.2) is 17.5 Å². The second-order valence-electron chi connectivity index (χ2n) is 3.82. The zero-order valence-corrected chi connectivity index (χ0v) is 12.0. The minimum atomic E-state index is 0.670. The zero-order valence-electron chi connectivity index (χ0n) is 8.84. The van der Waals surface area contributed by atoms with Crippen LogP contribution in [0.25, 0.3) is 0 Å². The Labute approximate surface area is 113 Å². The molecule has 0 bridgehead atoms. The molecular weight excluding hydrogens is 308 g/mol. The lowest BCUT2D eigenvalue weighted by Crippen LogP contribution is -2.18. The molecule has 1 atom stereocenters. The summed E-state index contributed by atoms with van der Waals surface area (Å²) in [6.07, 6.45) is 0. The summed E-state index contributed by atoms with van der Waals surface area (Å²) in [5.74, 6) is 1.79. The van der Waals surface area contributed by atoms with E-state index in [1.165, 1.54) is 0 Å². The molecule has 2 rings (SSSR count). The lowest BCUT2D eigenvalue weighted by molar-refractivity contribution is 0.674. The van der Waals surface area contributed by atoms with Crippen molar-refractivity contribution in [3.05, 3.63) is 27.7 Å². The molecule has 1 heterocycles. The number of hydrogen-bond donors (Lipinski definition) is 1. The van der Waals surface area contributed by atoms with E-state index in [0.717, 1.165) is 27.6 Å². The molecule has 0 amide bonds. The first-order valence-electron chi connectivity index (χ1n) is 5.04. The quantitative estimate of drug-likeness (QED) is 0.836. The Morgan fingerprint density at radius 2 is 2.38 bits per heavy atom. The molecule has 0 saturated heterocycles. The van der Waals surface area contributed by atoms with Crippen LogP contribution in [0.1, 0.15) is 6.92 Å². The van der Waals surface area contributed by atoms with E-state index in [1.54, 1.807) is 11.8 Å². The smallest absolute Gasteiger partial charge is 0.161 e. The molecule has 1 aromatic carbocycles. The fraction of sp³-hybridized carbons (Fsp3) is 0.364. The van der Waals surface area contributed by atoms with Crippen molar-refractivity contribution in [3.63, 3.8) is 0 Å². The molecule has 1 aliphatic rings. The van der Waals surface area contributed by atoms with Gasteiger partial charge in [-0.1, -0.05) is 30.3 Å². The second-order valence-corrected chi connectivity index (χ2v) is 6.09. The summed E-state index contributed by atoms with van der Waals surface area (Å²) in [4.78, 5) is 4.47. The Kier molecular flexibility index (Phi) is 4.16. The Bertz CT molecular complexity index is 422. The molecule has 0 fully saturated rings. The number of amidine groups is 1. The second kappa shape index (κ2) is 5.43. The van der Waals surface area contributed by atoms with Gasteiger partial charge in [0.2, 0.25) is 0 Å². The van der Waals surface area contributed by atoms with Crippen LogP contribution < -0.4 is 5.32 Å². The van der Waals surface area contributed by atoms with E-state index < -0.39 is 0 Å². The van der Waals surface area contributed by atoms with Crippen LogP contribution in [0.15, 0.2) is 27.7 Å². The average Bonchev–Trinajstić information content (AvgIpc) is 2.27. The van der Waals surface area contributed by atoms with Crippen molar-refractivity contribution in [1.82, 2.24) is 0 Å². The molecule has 0 saturated carbocycles. The highest BCUT2D eigenvalue weighted by Gasteiger charge is 2.12. The zero-order chi connectivity index (χ0) is 11.5. The summed E-state index contributed by atoms with van der Waals surface area (Å²) in [5, 5.41) is 4.97. The highest BCUT2D eigenvalue weighted by Crippen LogP contribution is 2.27. The Balaban J connectivity index is 2.06. The minimum absolute atomic E-state index is 0.670. The van der Waals surface area contributed by atoms with Crippen molar-refractivity contribution in [3.8, 4) is 0 Å². The van der Waals surface area contributed by atoms with Gasteiger partial charge in [-0.25, -0.2) is 0 Å². The Morgan fingerprint density at radius 3 is 3.00 bits per heavy atom. The van der Waals surface area contributed by atoms with E-state index in [9.17, 15) is 0 Å². The number of rotatable bonds is 1. The summed E-state index contributed by atoms with van der Waals surface area (Å²) < 4.78 is 0.909. The first-order chi connectivity index (χ1) is 7.65. The molecule has 16 heavy (non-hydrogen) atoms. The summed E-state index contributed by atoms with van der Waals surface area (Å²) in [7, 11) is 0. The number of hydrogen-bond acceptors (Lipinski definition) is 3. The van der Waals surface area contributed by atoms with Gasteiger partial charge >= 0.3 is 0 Å². The maximum absolute atomic E-state index is 6.02. The van der Waals surface area contributed by atoms with Gasteiger partial charge in [-0.2, -0.15) is 0 Å². The lowest BCUT2D eigenvalue weighted by Gasteiger charge is -2.18. The molecular formula is C11H12BrClN2S. The van der Waals surface area contributed by atoms with Crippen molar-refractivity contribution < 1.29 is 0 Å². The van der Waals surface area contributed by atoms with Crippen LogP contribution in [0, 0.1) is 5.92 Å². The fourth-order valence-electron chi connectivity index (χ4n) is 1.33. The van der Waals surface area contributed by atoms with Gasteiger partial charge in [-0.3, -0.25) is 4.99 Å². The van der Waals surface area contributed by atoms with E-state index in [0.29, 0.717) is 10.9 Å². The van der Waals surface area contributed by atoms with Crippen molar-refractivity contribution >= 4 is 50.1 Å². The normalized spacial score (nSPS) is 20.4. The van der Waals surface area contributed by atoms with Gasteiger partial charge in [-0.15, -0.1) is 0 Å². The number of benzene rings is 1. The van der Waals surface area contributed by atoms with E-state index in [-0.39, 0.29) is 0 Å². The lowest BCUT2D eigenvalue weighted by atomic mass is 10.2. The van der Waals surface area contributed by atoms with Crippen molar-refractivity contribution in [2.24, 2.45) is 10.9 Å². The van der Waals surface area contributed by atoms with Crippen LogP contribution in [0.4, 0.5) is 5.69 Å². The van der Waals surface area contributed by atoms with Crippen LogP contribution in [0.2, 0.25) is 5.02 Å². The first kappa shape index (κ1) is 12.3. The first-order valence-corrected chi connectivity index (χ1v) is 7.20. The largest absolute Gasteiger partial charge is 0.335 e. The average molecular weight is 320 g/mol. The van der Waals surface area contributed by atoms with Gasteiger partial charge in [0.25, 0.3) is 0 Å². The number of thioether (sulfide) groups is 1. The molecule has 1 aromatic rings. The van der Waals surface area contributed by atoms with Gasteiger partial charge in [0, 0.05) is 22.5 Å². The number of nitrogens with one attached hydrogen (secondary N) is 1. The van der Waals surface area contributed by atoms with Crippen LogP contribution >= 0.6 is 39.3 Å². The summed E-state index contributed by atoms with van der Waals surface area (Å²) in [6.45, 7) is 3.11. The Morgan fingerprint density at radius 1 is 1.56 bits per heavy atom. The van der Waals surface area contributed by atoms with Crippen LogP contribution in [0.3, 0.4) is 0 Å². The van der Waals surface area contributed by atoms with E-state index in [2.05, 4.69) is 33.2 Å². The topological polar surface area (TPSA) is 24.4 Å². The van der Waals surface area contributed by atoms with Gasteiger partial charge in [-0.05, 0) is 40.0 Å². The third-order valence-corrected chi connectivity index (χ3v) is 4.69. The molecule has 2 nitrogen and oxygen atoms in total. The maximum Gasteiger partial charge on any atom is 0.161 e.